The molecule has 1 aromatic heterocycles. The van der Waals surface area contributed by atoms with E-state index in [-0.39, 0.29) is 11.2 Å². The number of aromatic nitrogens is 2. The maximum atomic E-state index is 11.3. The highest BCUT2D eigenvalue weighted by Gasteiger charge is 2.01. The van der Waals surface area contributed by atoms with E-state index in [1.165, 1.54) is 6.20 Å². The highest BCUT2D eigenvalue weighted by Crippen LogP contribution is 2.13. The number of nitrogen functional groups attached to an aromatic ring is 1. The third-order valence-electron chi connectivity index (χ3n) is 2.15. The summed E-state index contributed by atoms with van der Waals surface area (Å²) in [7, 11) is 0. The monoisotopic (exact) mass is 201 g/mol. The molecule has 2 rings (SSSR count). The average Bonchev–Trinajstić information content (AvgIpc) is 2.23. The first-order chi connectivity index (χ1) is 7.16. The molecule has 0 aliphatic carbocycles. The lowest BCUT2D eigenvalue weighted by molar-refractivity contribution is 1.13. The highest BCUT2D eigenvalue weighted by molar-refractivity contribution is 5.55. The van der Waals surface area contributed by atoms with E-state index in [0.717, 1.165) is 11.1 Å². The molecule has 0 aliphatic rings. The smallest absolute Gasteiger partial charge is 0.274 e. The van der Waals surface area contributed by atoms with Gasteiger partial charge >= 0.3 is 0 Å². The summed E-state index contributed by atoms with van der Waals surface area (Å²) in [5.74, 6) is 0.536. The molecule has 0 spiro atoms. The van der Waals surface area contributed by atoms with Crippen molar-refractivity contribution in [3.8, 4) is 11.4 Å². The molecule has 0 saturated heterocycles. The van der Waals surface area contributed by atoms with Crippen molar-refractivity contribution < 1.29 is 0 Å². The third-order valence-corrected chi connectivity index (χ3v) is 2.15. The van der Waals surface area contributed by atoms with E-state index in [4.69, 9.17) is 5.73 Å². The van der Waals surface area contributed by atoms with Crippen LogP contribution in [0.1, 0.15) is 5.56 Å². The van der Waals surface area contributed by atoms with Crippen LogP contribution in [0.3, 0.4) is 0 Å². The number of nitrogens with zero attached hydrogens (tertiary/aromatic N) is 1. The van der Waals surface area contributed by atoms with E-state index in [1.807, 2.05) is 31.2 Å². The Hall–Kier alpha value is -2.10. The molecule has 0 unspecified atom stereocenters. The number of anilines is 1. The normalized spacial score (nSPS) is 10.2. The molecule has 0 aliphatic heterocycles. The molecule has 4 nitrogen and oxygen atoms in total. The summed E-state index contributed by atoms with van der Waals surface area (Å²) in [5.41, 5.74) is 7.25. The van der Waals surface area contributed by atoms with Gasteiger partial charge in [-0.25, -0.2) is 4.98 Å². The molecule has 76 valence electrons. The molecule has 0 radical (unpaired) electrons. The molecule has 3 N–H and O–H groups in total. The third kappa shape index (κ3) is 1.88. The molecule has 4 heteroatoms. The Kier molecular flexibility index (Phi) is 2.25. The lowest BCUT2D eigenvalue weighted by Gasteiger charge is -2.01. The number of benzene rings is 1. The van der Waals surface area contributed by atoms with Gasteiger partial charge in [0.25, 0.3) is 5.56 Å². The molecule has 1 heterocycles. The first-order valence-electron chi connectivity index (χ1n) is 4.58. The van der Waals surface area contributed by atoms with Crippen LogP contribution in [0, 0.1) is 6.92 Å². The minimum absolute atomic E-state index is 0.130. The van der Waals surface area contributed by atoms with Crippen LogP contribution < -0.4 is 11.3 Å². The molecule has 0 fully saturated rings. The van der Waals surface area contributed by atoms with E-state index >= 15 is 0 Å². The molecule has 1 aromatic carbocycles. The van der Waals surface area contributed by atoms with E-state index in [2.05, 4.69) is 9.97 Å². The summed E-state index contributed by atoms with van der Waals surface area (Å²) in [6.07, 6.45) is 1.37. The molecule has 0 amide bonds. The van der Waals surface area contributed by atoms with Crippen LogP contribution in [0.5, 0.6) is 0 Å². The highest BCUT2D eigenvalue weighted by atomic mass is 16.1. The minimum Gasteiger partial charge on any atom is -0.393 e. The van der Waals surface area contributed by atoms with Gasteiger partial charge in [0.15, 0.2) is 0 Å². The Labute approximate surface area is 86.8 Å². The van der Waals surface area contributed by atoms with Gasteiger partial charge in [-0.15, -0.1) is 0 Å². The number of aryl methyl sites for hydroxylation is 1. The van der Waals surface area contributed by atoms with Crippen molar-refractivity contribution in [1.82, 2.24) is 9.97 Å². The van der Waals surface area contributed by atoms with Gasteiger partial charge in [-0.05, 0) is 6.92 Å². The quantitative estimate of drug-likeness (QED) is 0.731. The van der Waals surface area contributed by atoms with Crippen molar-refractivity contribution in [3.63, 3.8) is 0 Å². The Balaban J connectivity index is 2.50. The lowest BCUT2D eigenvalue weighted by Crippen LogP contribution is -2.13. The van der Waals surface area contributed by atoms with Crippen LogP contribution in [-0.2, 0) is 0 Å². The van der Waals surface area contributed by atoms with Crippen LogP contribution in [0.15, 0.2) is 35.3 Å². The van der Waals surface area contributed by atoms with E-state index in [0.29, 0.717) is 5.82 Å². The second kappa shape index (κ2) is 3.57. The van der Waals surface area contributed by atoms with Gasteiger partial charge in [0, 0.05) is 5.56 Å². The average molecular weight is 201 g/mol. The topological polar surface area (TPSA) is 71.8 Å². The summed E-state index contributed by atoms with van der Waals surface area (Å²) in [5, 5.41) is 0. The number of aromatic amines is 1. The van der Waals surface area contributed by atoms with Gasteiger partial charge in [0.1, 0.15) is 11.5 Å². The van der Waals surface area contributed by atoms with Gasteiger partial charge in [-0.2, -0.15) is 0 Å². The summed E-state index contributed by atoms with van der Waals surface area (Å²) in [6, 6.07) is 7.74. The zero-order valence-electron chi connectivity index (χ0n) is 8.32. The van der Waals surface area contributed by atoms with Crippen LogP contribution >= 0.6 is 0 Å². The Bertz CT molecular complexity index is 528. The zero-order valence-corrected chi connectivity index (χ0v) is 8.32. The molecular weight excluding hydrogens is 190 g/mol. The maximum absolute atomic E-state index is 11.3. The number of nitrogens with one attached hydrogen (secondary N) is 1. The summed E-state index contributed by atoms with van der Waals surface area (Å²) < 4.78 is 0. The summed E-state index contributed by atoms with van der Waals surface area (Å²) >= 11 is 0. The second-order valence-corrected chi connectivity index (χ2v) is 3.38. The number of H-pyrrole nitrogens is 1. The Morgan fingerprint density at radius 2 is 1.93 bits per heavy atom. The maximum Gasteiger partial charge on any atom is 0.274 e. The summed E-state index contributed by atoms with van der Waals surface area (Å²) in [4.78, 5) is 17.9. The zero-order chi connectivity index (χ0) is 10.8. The Morgan fingerprint density at radius 1 is 1.27 bits per heavy atom. The van der Waals surface area contributed by atoms with Crippen molar-refractivity contribution in [3.05, 3.63) is 46.4 Å². The van der Waals surface area contributed by atoms with Crippen molar-refractivity contribution >= 4 is 5.69 Å². The van der Waals surface area contributed by atoms with Crippen LogP contribution in [0.2, 0.25) is 0 Å². The second-order valence-electron chi connectivity index (χ2n) is 3.38. The minimum atomic E-state index is -0.305. The fourth-order valence-corrected chi connectivity index (χ4v) is 1.26. The predicted molar refractivity (Wildman–Crippen MR) is 59.4 cm³/mol. The Morgan fingerprint density at radius 3 is 2.53 bits per heavy atom. The fraction of sp³-hybridized carbons (Fsp3) is 0.0909. The number of hydrogen-bond donors (Lipinski definition) is 2. The lowest BCUT2D eigenvalue weighted by atomic mass is 10.1. The molecule has 0 saturated carbocycles. The van der Waals surface area contributed by atoms with Crippen LogP contribution in [-0.4, -0.2) is 9.97 Å². The van der Waals surface area contributed by atoms with E-state index < -0.39 is 0 Å². The predicted octanol–water partition coefficient (Wildman–Crippen LogP) is 1.33. The van der Waals surface area contributed by atoms with Gasteiger partial charge in [0.2, 0.25) is 0 Å². The van der Waals surface area contributed by atoms with Crippen LogP contribution in [0.4, 0.5) is 5.69 Å². The SMILES string of the molecule is Cc1ccc(-c2ncc(N)c(=O)[nH]2)cc1. The molecular formula is C11H11N3O. The molecule has 0 atom stereocenters. The largest absolute Gasteiger partial charge is 0.393 e. The van der Waals surface area contributed by atoms with Crippen molar-refractivity contribution in [2.24, 2.45) is 0 Å². The standard InChI is InChI=1S/C11H11N3O/c1-7-2-4-8(5-3-7)10-13-6-9(12)11(15)14-10/h2-6H,12H2,1H3,(H,13,14,15). The van der Waals surface area contributed by atoms with Crippen molar-refractivity contribution in [2.75, 3.05) is 5.73 Å². The van der Waals surface area contributed by atoms with Gasteiger partial charge in [-0.1, -0.05) is 29.8 Å². The number of nitrogens with two attached hydrogens (primary N) is 1. The van der Waals surface area contributed by atoms with Crippen LogP contribution in [0.25, 0.3) is 11.4 Å². The van der Waals surface area contributed by atoms with Crippen molar-refractivity contribution in [1.29, 1.82) is 0 Å². The first-order valence-corrected chi connectivity index (χ1v) is 4.58. The van der Waals surface area contributed by atoms with E-state index in [9.17, 15) is 4.79 Å². The van der Waals surface area contributed by atoms with E-state index in [1.54, 1.807) is 0 Å². The molecule has 0 bridgehead atoms. The van der Waals surface area contributed by atoms with Gasteiger partial charge < -0.3 is 10.7 Å². The molecule has 2 aromatic rings. The fourth-order valence-electron chi connectivity index (χ4n) is 1.26. The summed E-state index contributed by atoms with van der Waals surface area (Å²) in [6.45, 7) is 2.00. The van der Waals surface area contributed by atoms with Gasteiger partial charge in [0.05, 0.1) is 6.20 Å². The molecule has 15 heavy (non-hydrogen) atoms. The number of rotatable bonds is 1. The van der Waals surface area contributed by atoms with Gasteiger partial charge in [-0.3, -0.25) is 4.79 Å². The van der Waals surface area contributed by atoms with Crippen molar-refractivity contribution in [2.45, 2.75) is 6.92 Å². The first kappa shape index (κ1) is 9.45. The number of hydrogen-bond acceptors (Lipinski definition) is 3.